The van der Waals surface area contributed by atoms with Gasteiger partial charge < -0.3 is 19.9 Å². The third-order valence-electron chi connectivity index (χ3n) is 4.94. The van der Waals surface area contributed by atoms with Crippen molar-refractivity contribution < 1.29 is 14.3 Å². The molecule has 0 aliphatic carbocycles. The first-order valence-electron chi connectivity index (χ1n) is 9.64. The number of nitrogens with zero attached hydrogens (tertiary/aromatic N) is 2. The van der Waals surface area contributed by atoms with Crippen molar-refractivity contribution in [2.75, 3.05) is 41.9 Å². The maximum absolute atomic E-state index is 12.4. The number of methoxy groups -OCH3 is 1. The number of nitrogens with one attached hydrogen (secondary N) is 1. The Labute approximate surface area is 166 Å². The molecule has 0 spiro atoms. The molecule has 1 saturated heterocycles. The van der Waals surface area contributed by atoms with E-state index in [1.807, 2.05) is 24.3 Å². The molecule has 0 unspecified atom stereocenters. The van der Waals surface area contributed by atoms with E-state index in [2.05, 4.69) is 10.2 Å². The Bertz CT molecular complexity index is 797. The Kier molecular flexibility index (Phi) is 6.53. The molecule has 0 aromatic heterocycles. The lowest BCUT2D eigenvalue weighted by molar-refractivity contribution is -0.120. The number of benzene rings is 2. The van der Waals surface area contributed by atoms with Crippen LogP contribution in [0.1, 0.15) is 26.2 Å². The fraction of sp³-hybridized carbons (Fsp3) is 0.364. The van der Waals surface area contributed by atoms with E-state index in [1.165, 1.54) is 31.1 Å². The first kappa shape index (κ1) is 19.7. The standard InChI is InChI=1S/C22H27N3O3/c1-17(26)25(16-22(27)23-18-6-12-21(28-2)13-7-18)20-10-8-19(9-11-20)24-14-4-3-5-15-24/h6-13H,3-5,14-16H2,1-2H3,(H,23,27). The van der Waals surface area contributed by atoms with Crippen LogP contribution in [0, 0.1) is 0 Å². The lowest BCUT2D eigenvalue weighted by Gasteiger charge is -2.29. The molecular formula is C22H27N3O3. The van der Waals surface area contributed by atoms with Crippen LogP contribution in [-0.2, 0) is 9.59 Å². The van der Waals surface area contributed by atoms with E-state index in [1.54, 1.807) is 31.4 Å². The van der Waals surface area contributed by atoms with Crippen molar-refractivity contribution in [1.29, 1.82) is 0 Å². The summed E-state index contributed by atoms with van der Waals surface area (Å²) in [6, 6.07) is 15.0. The Morgan fingerprint density at radius 3 is 2.21 bits per heavy atom. The van der Waals surface area contributed by atoms with E-state index >= 15 is 0 Å². The third kappa shape index (κ3) is 5.03. The van der Waals surface area contributed by atoms with E-state index in [9.17, 15) is 9.59 Å². The monoisotopic (exact) mass is 381 g/mol. The second-order valence-electron chi connectivity index (χ2n) is 6.95. The molecule has 0 atom stereocenters. The number of piperidine rings is 1. The Morgan fingerprint density at radius 2 is 1.64 bits per heavy atom. The number of ether oxygens (including phenoxy) is 1. The molecule has 1 aliphatic heterocycles. The fourth-order valence-electron chi connectivity index (χ4n) is 3.40. The Hall–Kier alpha value is -3.02. The van der Waals surface area contributed by atoms with Gasteiger partial charge in [-0.2, -0.15) is 0 Å². The van der Waals surface area contributed by atoms with E-state index in [0.29, 0.717) is 5.69 Å². The van der Waals surface area contributed by atoms with Crippen LogP contribution in [0.2, 0.25) is 0 Å². The number of hydrogen-bond donors (Lipinski definition) is 1. The average Bonchev–Trinajstić information content (AvgIpc) is 2.73. The van der Waals surface area contributed by atoms with Gasteiger partial charge >= 0.3 is 0 Å². The van der Waals surface area contributed by atoms with Gasteiger partial charge in [0.15, 0.2) is 0 Å². The molecule has 1 N–H and O–H groups in total. The molecular weight excluding hydrogens is 354 g/mol. The van der Waals surface area contributed by atoms with Gasteiger partial charge in [-0.05, 0) is 67.8 Å². The second kappa shape index (κ2) is 9.26. The summed E-state index contributed by atoms with van der Waals surface area (Å²) in [4.78, 5) is 28.4. The number of hydrogen-bond acceptors (Lipinski definition) is 4. The summed E-state index contributed by atoms with van der Waals surface area (Å²) in [6.45, 7) is 3.57. The van der Waals surface area contributed by atoms with Crippen LogP contribution in [0.15, 0.2) is 48.5 Å². The molecule has 0 bridgehead atoms. The molecule has 1 fully saturated rings. The molecule has 28 heavy (non-hydrogen) atoms. The van der Waals surface area contributed by atoms with Gasteiger partial charge in [0, 0.05) is 37.1 Å². The molecule has 6 heteroatoms. The van der Waals surface area contributed by atoms with Crippen molar-refractivity contribution in [2.24, 2.45) is 0 Å². The smallest absolute Gasteiger partial charge is 0.244 e. The first-order chi connectivity index (χ1) is 13.6. The molecule has 2 amide bonds. The maximum Gasteiger partial charge on any atom is 0.244 e. The molecule has 148 valence electrons. The van der Waals surface area contributed by atoms with Crippen LogP contribution < -0.4 is 19.9 Å². The van der Waals surface area contributed by atoms with Crippen molar-refractivity contribution in [2.45, 2.75) is 26.2 Å². The molecule has 3 rings (SSSR count). The highest BCUT2D eigenvalue weighted by Crippen LogP contribution is 2.24. The topological polar surface area (TPSA) is 61.9 Å². The highest BCUT2D eigenvalue weighted by molar-refractivity contribution is 6.01. The van der Waals surface area contributed by atoms with Gasteiger partial charge in [-0.25, -0.2) is 0 Å². The van der Waals surface area contributed by atoms with Crippen LogP contribution in [0.25, 0.3) is 0 Å². The minimum atomic E-state index is -0.250. The zero-order chi connectivity index (χ0) is 19.9. The normalized spacial score (nSPS) is 13.7. The number of amides is 2. The number of anilines is 3. The van der Waals surface area contributed by atoms with Crippen molar-refractivity contribution in [3.05, 3.63) is 48.5 Å². The maximum atomic E-state index is 12.4. The molecule has 2 aromatic carbocycles. The van der Waals surface area contributed by atoms with Crippen LogP contribution in [0.4, 0.5) is 17.1 Å². The zero-order valence-electron chi connectivity index (χ0n) is 16.5. The summed E-state index contributed by atoms with van der Waals surface area (Å²) in [5.41, 5.74) is 2.54. The van der Waals surface area contributed by atoms with Gasteiger partial charge in [0.25, 0.3) is 0 Å². The van der Waals surface area contributed by atoms with Crippen molar-refractivity contribution in [3.63, 3.8) is 0 Å². The van der Waals surface area contributed by atoms with Gasteiger partial charge in [0.2, 0.25) is 11.8 Å². The lowest BCUT2D eigenvalue weighted by Crippen LogP contribution is -2.36. The molecule has 2 aromatic rings. The summed E-state index contributed by atoms with van der Waals surface area (Å²) >= 11 is 0. The molecule has 1 heterocycles. The predicted octanol–water partition coefficient (Wildman–Crippen LogP) is 3.68. The molecule has 0 radical (unpaired) electrons. The lowest BCUT2D eigenvalue weighted by atomic mass is 10.1. The van der Waals surface area contributed by atoms with Gasteiger partial charge in [-0.15, -0.1) is 0 Å². The van der Waals surface area contributed by atoms with E-state index < -0.39 is 0 Å². The average molecular weight is 381 g/mol. The highest BCUT2D eigenvalue weighted by atomic mass is 16.5. The summed E-state index contributed by atoms with van der Waals surface area (Å²) in [7, 11) is 1.59. The van der Waals surface area contributed by atoms with Gasteiger partial charge in [0.05, 0.1) is 7.11 Å². The van der Waals surface area contributed by atoms with Crippen molar-refractivity contribution in [1.82, 2.24) is 0 Å². The zero-order valence-corrected chi connectivity index (χ0v) is 16.5. The van der Waals surface area contributed by atoms with Crippen LogP contribution in [0.3, 0.4) is 0 Å². The minimum absolute atomic E-state index is 0.0373. The predicted molar refractivity (Wildman–Crippen MR) is 112 cm³/mol. The van der Waals surface area contributed by atoms with E-state index in [4.69, 9.17) is 4.74 Å². The summed E-state index contributed by atoms with van der Waals surface area (Å²) in [6.07, 6.45) is 3.72. The Balaban J connectivity index is 1.65. The van der Waals surface area contributed by atoms with E-state index in [0.717, 1.165) is 30.2 Å². The van der Waals surface area contributed by atoms with Crippen molar-refractivity contribution >= 4 is 28.9 Å². The SMILES string of the molecule is COc1ccc(NC(=O)CN(C(C)=O)c2ccc(N3CCCCC3)cc2)cc1. The van der Waals surface area contributed by atoms with Crippen LogP contribution in [0.5, 0.6) is 5.75 Å². The molecule has 1 aliphatic rings. The molecule has 0 saturated carbocycles. The summed E-state index contributed by atoms with van der Waals surface area (Å²) in [5.74, 6) is 0.299. The second-order valence-corrected chi connectivity index (χ2v) is 6.95. The van der Waals surface area contributed by atoms with Gasteiger partial charge in [-0.3, -0.25) is 9.59 Å². The number of rotatable bonds is 6. The van der Waals surface area contributed by atoms with Crippen LogP contribution >= 0.6 is 0 Å². The summed E-state index contributed by atoms with van der Waals surface area (Å²) < 4.78 is 5.11. The number of carbonyl (C=O) groups is 2. The number of carbonyl (C=O) groups excluding carboxylic acids is 2. The van der Waals surface area contributed by atoms with Gasteiger partial charge in [-0.1, -0.05) is 0 Å². The third-order valence-corrected chi connectivity index (χ3v) is 4.94. The van der Waals surface area contributed by atoms with Crippen LogP contribution in [-0.4, -0.2) is 38.6 Å². The quantitative estimate of drug-likeness (QED) is 0.829. The fourth-order valence-corrected chi connectivity index (χ4v) is 3.40. The van der Waals surface area contributed by atoms with Crippen molar-refractivity contribution in [3.8, 4) is 5.75 Å². The first-order valence-corrected chi connectivity index (χ1v) is 9.64. The minimum Gasteiger partial charge on any atom is -0.497 e. The van der Waals surface area contributed by atoms with E-state index in [-0.39, 0.29) is 18.4 Å². The highest BCUT2D eigenvalue weighted by Gasteiger charge is 2.17. The summed E-state index contributed by atoms with van der Waals surface area (Å²) in [5, 5.41) is 2.81. The van der Waals surface area contributed by atoms with Gasteiger partial charge in [0.1, 0.15) is 12.3 Å². The Morgan fingerprint density at radius 1 is 1.00 bits per heavy atom. The largest absolute Gasteiger partial charge is 0.497 e. The molecule has 6 nitrogen and oxygen atoms in total.